The molecular weight excluding hydrogens is 565 g/mol. The minimum atomic E-state index is -0.229. The lowest BCUT2D eigenvalue weighted by atomic mass is 10.1. The number of rotatable bonds is 9. The van der Waals surface area contributed by atoms with Gasteiger partial charge in [0.2, 0.25) is 0 Å². The van der Waals surface area contributed by atoms with Gasteiger partial charge in [0.25, 0.3) is 0 Å². The van der Waals surface area contributed by atoms with Crippen molar-refractivity contribution in [2.75, 3.05) is 64.9 Å². The molecule has 9 heteroatoms. The zero-order valence-electron chi connectivity index (χ0n) is 25.7. The summed E-state index contributed by atoms with van der Waals surface area (Å²) in [5, 5.41) is 4.49. The molecule has 2 heterocycles. The maximum Gasteiger partial charge on any atom is 0.194 e. The molecule has 2 aliphatic rings. The molecule has 0 saturated carbocycles. The van der Waals surface area contributed by atoms with Crippen LogP contribution in [0.5, 0.6) is 11.5 Å². The van der Waals surface area contributed by atoms with E-state index in [2.05, 4.69) is 52.1 Å². The van der Waals surface area contributed by atoms with Crippen LogP contribution in [0.3, 0.4) is 0 Å². The van der Waals surface area contributed by atoms with Crippen molar-refractivity contribution in [2.45, 2.75) is 33.4 Å². The van der Waals surface area contributed by atoms with Gasteiger partial charge in [-0.25, -0.2) is 9.38 Å². The minimum Gasteiger partial charge on any atom is -0.493 e. The Bertz CT molecular complexity index is 1410. The maximum atomic E-state index is 13.5. The van der Waals surface area contributed by atoms with Gasteiger partial charge in [-0.3, -0.25) is 4.90 Å². The van der Waals surface area contributed by atoms with Crippen LogP contribution in [0.25, 0.3) is 0 Å². The molecule has 0 amide bonds. The Morgan fingerprint density at radius 3 is 2.37 bits per heavy atom. The van der Waals surface area contributed by atoms with E-state index >= 15 is 0 Å². The van der Waals surface area contributed by atoms with Gasteiger partial charge in [0, 0.05) is 63.1 Å². The number of benzene rings is 3. The lowest BCUT2D eigenvalue weighted by Crippen LogP contribution is -2.52. The molecule has 1 unspecified atom stereocenters. The monoisotopic (exact) mass is 607 g/mol. The molecule has 1 atom stereocenters. The van der Waals surface area contributed by atoms with E-state index in [1.54, 1.807) is 14.2 Å². The predicted octanol–water partition coefficient (Wildman–Crippen LogP) is 5.90. The van der Waals surface area contributed by atoms with Gasteiger partial charge in [0.15, 0.2) is 17.5 Å². The second kappa shape index (κ2) is 14.3. The van der Waals surface area contributed by atoms with Gasteiger partial charge in [-0.2, -0.15) is 0 Å². The molecule has 0 aromatic heterocycles. The quantitative estimate of drug-likeness (QED) is 0.241. The van der Waals surface area contributed by atoms with Crippen molar-refractivity contribution in [2.24, 2.45) is 10.9 Å². The third-order valence-electron chi connectivity index (χ3n) is 8.58. The summed E-state index contributed by atoms with van der Waals surface area (Å²) in [6.07, 6.45) is 1.11. The van der Waals surface area contributed by atoms with E-state index in [0.717, 1.165) is 86.8 Å². The number of hydrogen-bond acceptors (Lipinski definition) is 5. The van der Waals surface area contributed by atoms with E-state index in [1.165, 1.54) is 34.5 Å². The van der Waals surface area contributed by atoms with Crippen LogP contribution in [0.15, 0.2) is 59.6 Å². The molecule has 0 radical (unpaired) electrons. The fourth-order valence-electron chi connectivity index (χ4n) is 5.95. The number of halogens is 2. The number of hydrogen-bond donors (Lipinski definition) is 1. The van der Waals surface area contributed by atoms with Crippen LogP contribution in [0.4, 0.5) is 10.1 Å². The number of methoxy groups -OCH3 is 2. The lowest BCUT2D eigenvalue weighted by molar-refractivity contribution is 0.171. The second-order valence-electron chi connectivity index (χ2n) is 11.6. The molecule has 3 aromatic rings. The minimum absolute atomic E-state index is 0.229. The first-order valence-corrected chi connectivity index (χ1v) is 15.4. The summed E-state index contributed by atoms with van der Waals surface area (Å²) in [5.74, 6) is 2.71. The third-order valence-corrected chi connectivity index (χ3v) is 8.81. The van der Waals surface area contributed by atoms with Crippen LogP contribution in [-0.2, 0) is 13.1 Å². The number of guanidine groups is 1. The molecule has 5 rings (SSSR count). The normalized spacial score (nSPS) is 17.8. The van der Waals surface area contributed by atoms with Crippen molar-refractivity contribution in [3.05, 3.63) is 87.7 Å². The van der Waals surface area contributed by atoms with Gasteiger partial charge in [0.05, 0.1) is 20.8 Å². The van der Waals surface area contributed by atoms with Crippen LogP contribution in [-0.4, -0.2) is 75.8 Å². The standard InChI is InChI=1S/C34H43ClFN5O2/c1-24-5-8-29(35)19-31(24)41-12-11-27(22-41)21-38-34(37-20-26-6-9-30(36)10-7-26)40-15-13-39(14-16-40)23-28-18-33(43-4)32(42-3)17-25(28)2/h5-10,17-19,27H,11-16,20-23H2,1-4H3,(H,37,38). The summed E-state index contributed by atoms with van der Waals surface area (Å²) in [4.78, 5) is 12.3. The van der Waals surface area contributed by atoms with Gasteiger partial charge >= 0.3 is 0 Å². The first-order chi connectivity index (χ1) is 20.8. The Kier molecular flexibility index (Phi) is 10.3. The average Bonchev–Trinajstić information content (AvgIpc) is 3.49. The van der Waals surface area contributed by atoms with Gasteiger partial charge in [0.1, 0.15) is 5.82 Å². The summed E-state index contributed by atoms with van der Waals surface area (Å²) in [6.45, 7) is 12.1. The Morgan fingerprint density at radius 2 is 1.65 bits per heavy atom. The molecule has 1 N–H and O–H groups in total. The number of aliphatic imine (C=N–C) groups is 1. The van der Waals surface area contributed by atoms with Crippen LogP contribution < -0.4 is 19.7 Å². The summed E-state index contributed by atoms with van der Waals surface area (Å²) < 4.78 is 24.5. The van der Waals surface area contributed by atoms with E-state index in [-0.39, 0.29) is 5.82 Å². The topological polar surface area (TPSA) is 52.6 Å². The second-order valence-corrected chi connectivity index (χ2v) is 12.0. The van der Waals surface area contributed by atoms with Crippen LogP contribution in [0.1, 0.15) is 28.7 Å². The lowest BCUT2D eigenvalue weighted by Gasteiger charge is -2.37. The Balaban J connectivity index is 1.22. The highest BCUT2D eigenvalue weighted by molar-refractivity contribution is 6.30. The summed E-state index contributed by atoms with van der Waals surface area (Å²) >= 11 is 6.31. The van der Waals surface area contributed by atoms with E-state index in [1.807, 2.05) is 24.3 Å². The maximum absolute atomic E-state index is 13.5. The molecule has 2 aliphatic heterocycles. The number of nitrogens with one attached hydrogen (secondary N) is 1. The van der Waals surface area contributed by atoms with Crippen molar-refractivity contribution in [1.29, 1.82) is 0 Å². The highest BCUT2D eigenvalue weighted by Gasteiger charge is 2.26. The van der Waals surface area contributed by atoms with Gasteiger partial charge < -0.3 is 24.6 Å². The number of anilines is 1. The number of nitrogens with zero attached hydrogens (tertiary/aromatic N) is 4. The molecule has 0 aliphatic carbocycles. The summed E-state index contributed by atoms with van der Waals surface area (Å²) in [5.41, 5.74) is 5.91. The molecule has 43 heavy (non-hydrogen) atoms. The molecule has 2 saturated heterocycles. The molecule has 3 aromatic carbocycles. The fraction of sp³-hybridized carbons (Fsp3) is 0.441. The summed E-state index contributed by atoms with van der Waals surface area (Å²) in [6, 6.07) is 16.9. The smallest absolute Gasteiger partial charge is 0.194 e. The van der Waals surface area contributed by atoms with Crippen molar-refractivity contribution in [1.82, 2.24) is 15.1 Å². The average molecular weight is 608 g/mol. The van der Waals surface area contributed by atoms with Crippen molar-refractivity contribution in [3.63, 3.8) is 0 Å². The Hall–Kier alpha value is -3.49. The van der Waals surface area contributed by atoms with Crippen LogP contribution >= 0.6 is 11.6 Å². The molecule has 230 valence electrons. The van der Waals surface area contributed by atoms with E-state index in [9.17, 15) is 4.39 Å². The van der Waals surface area contributed by atoms with Crippen LogP contribution in [0, 0.1) is 25.6 Å². The van der Waals surface area contributed by atoms with Gasteiger partial charge in [-0.05, 0) is 84.8 Å². The molecular formula is C34H43ClFN5O2. The predicted molar refractivity (Wildman–Crippen MR) is 173 cm³/mol. The van der Waals surface area contributed by atoms with Crippen LogP contribution in [0.2, 0.25) is 5.02 Å². The first kappa shape index (κ1) is 31.0. The number of ether oxygens (including phenoxy) is 2. The largest absolute Gasteiger partial charge is 0.493 e. The first-order valence-electron chi connectivity index (χ1n) is 15.1. The third kappa shape index (κ3) is 7.92. The molecule has 2 fully saturated rings. The van der Waals surface area contributed by atoms with E-state index < -0.39 is 0 Å². The molecule has 0 bridgehead atoms. The highest BCUT2D eigenvalue weighted by atomic mass is 35.5. The summed E-state index contributed by atoms with van der Waals surface area (Å²) in [7, 11) is 3.35. The zero-order valence-corrected chi connectivity index (χ0v) is 26.5. The number of aryl methyl sites for hydroxylation is 2. The zero-order chi connectivity index (χ0) is 30.3. The highest BCUT2D eigenvalue weighted by Crippen LogP contribution is 2.31. The Morgan fingerprint density at radius 1 is 0.930 bits per heavy atom. The van der Waals surface area contributed by atoms with Gasteiger partial charge in [-0.15, -0.1) is 0 Å². The molecule has 0 spiro atoms. The Labute approximate surface area is 260 Å². The molecule has 7 nitrogen and oxygen atoms in total. The van der Waals surface area contributed by atoms with Crippen molar-refractivity contribution >= 4 is 23.2 Å². The van der Waals surface area contributed by atoms with E-state index in [4.69, 9.17) is 26.1 Å². The fourth-order valence-corrected chi connectivity index (χ4v) is 6.12. The van der Waals surface area contributed by atoms with Crippen molar-refractivity contribution < 1.29 is 13.9 Å². The van der Waals surface area contributed by atoms with Gasteiger partial charge in [-0.1, -0.05) is 29.8 Å². The SMILES string of the molecule is COc1cc(C)c(CN2CCN(C(=NCc3ccc(F)cc3)NCC3CCN(c4cc(Cl)ccc4C)C3)CC2)cc1OC. The van der Waals surface area contributed by atoms with Crippen molar-refractivity contribution in [3.8, 4) is 11.5 Å². The van der Waals surface area contributed by atoms with E-state index in [0.29, 0.717) is 12.5 Å². The number of piperazine rings is 1.